The molecule has 0 rings (SSSR count). The second-order valence-corrected chi connectivity index (χ2v) is 22.3. The summed E-state index contributed by atoms with van der Waals surface area (Å²) in [6.45, 7) is 4.48. The molecule has 11 nitrogen and oxygen atoms in total. The topological polar surface area (TPSA) is 155 Å². The predicted octanol–water partition coefficient (Wildman–Crippen LogP) is 18.7. The molecule has 0 radical (unpaired) electrons. The first-order valence-electron chi connectivity index (χ1n) is 31.2. The van der Waals surface area contributed by atoms with Crippen LogP contribution >= 0.6 is 7.82 Å². The quantitative estimate of drug-likeness (QED) is 0.0197. The fraction of sp³-hybridized carbons (Fsp3) is 0.797. The van der Waals surface area contributed by atoms with E-state index in [2.05, 4.69) is 63.3 Å². The van der Waals surface area contributed by atoms with Gasteiger partial charge in [0, 0.05) is 12.8 Å². The van der Waals surface area contributed by atoms with Crippen LogP contribution in [0.3, 0.4) is 0 Å². The van der Waals surface area contributed by atoms with Crippen molar-refractivity contribution in [2.24, 2.45) is 0 Å². The zero-order valence-corrected chi connectivity index (χ0v) is 49.9. The van der Waals surface area contributed by atoms with Crippen LogP contribution in [0.25, 0.3) is 0 Å². The highest BCUT2D eigenvalue weighted by Gasteiger charge is 2.28. The number of phosphoric acid groups is 1. The van der Waals surface area contributed by atoms with Crippen LogP contribution < -0.4 is 0 Å². The molecule has 0 aliphatic carbocycles. The molecule has 0 heterocycles. The summed E-state index contributed by atoms with van der Waals surface area (Å²) < 4.78 is 39.5. The molecule has 0 bridgehead atoms. The number of ether oxygens (including phenoxy) is 3. The van der Waals surface area contributed by atoms with Gasteiger partial charge in [-0.05, 0) is 44.9 Å². The Bertz CT molecular complexity index is 1510. The molecule has 0 aromatic rings. The molecule has 3 atom stereocenters. The summed E-state index contributed by atoms with van der Waals surface area (Å²) in [5.41, 5.74) is 0. The number of carbonyl (C=O) groups is 3. The molecule has 76 heavy (non-hydrogen) atoms. The van der Waals surface area contributed by atoms with Crippen molar-refractivity contribution in [3.63, 3.8) is 0 Å². The zero-order valence-electron chi connectivity index (χ0n) is 49.0. The molecular formula is C64H115O11P. The van der Waals surface area contributed by atoms with Crippen LogP contribution in [-0.2, 0) is 42.2 Å². The van der Waals surface area contributed by atoms with E-state index in [1.807, 2.05) is 12.2 Å². The van der Waals surface area contributed by atoms with Gasteiger partial charge in [0.05, 0.1) is 26.2 Å². The van der Waals surface area contributed by atoms with E-state index in [0.29, 0.717) is 19.3 Å². The molecule has 0 saturated heterocycles. The Morgan fingerprint density at radius 2 is 0.671 bits per heavy atom. The molecule has 0 aliphatic heterocycles. The Morgan fingerprint density at radius 1 is 0.382 bits per heavy atom. The molecule has 0 spiro atoms. The number of rotatable bonds is 58. The van der Waals surface area contributed by atoms with E-state index >= 15 is 0 Å². The smallest absolute Gasteiger partial charge is 0.461 e. The first-order chi connectivity index (χ1) is 37.2. The third-order valence-electron chi connectivity index (χ3n) is 13.5. The number of hydrogen-bond acceptors (Lipinski definition) is 10. The third-order valence-corrected chi connectivity index (χ3v) is 14.4. The summed E-state index contributed by atoms with van der Waals surface area (Å²) in [4.78, 5) is 48.6. The van der Waals surface area contributed by atoms with Gasteiger partial charge < -0.3 is 24.2 Å². The summed E-state index contributed by atoms with van der Waals surface area (Å²) in [5.74, 6) is -1.60. The summed E-state index contributed by atoms with van der Waals surface area (Å²) in [6.07, 6.45) is 64.9. The van der Waals surface area contributed by atoms with Gasteiger partial charge in [-0.2, -0.15) is 0 Å². The third kappa shape index (κ3) is 55.9. The first kappa shape index (κ1) is 73.2. The molecule has 2 N–H and O–H groups in total. The van der Waals surface area contributed by atoms with Crippen LogP contribution in [0.4, 0.5) is 0 Å². The van der Waals surface area contributed by atoms with Crippen molar-refractivity contribution in [3.8, 4) is 0 Å². The lowest BCUT2D eigenvalue weighted by Crippen LogP contribution is -2.30. The molecule has 0 aliphatic rings. The number of phosphoric ester groups is 1. The molecule has 0 amide bonds. The minimum Gasteiger partial charge on any atom is -0.461 e. The molecular weight excluding hydrogens is 976 g/mol. The van der Waals surface area contributed by atoms with Gasteiger partial charge in [0.15, 0.2) is 6.10 Å². The highest BCUT2D eigenvalue weighted by atomic mass is 31.2. The largest absolute Gasteiger partial charge is 0.472 e. The lowest BCUT2D eigenvalue weighted by Gasteiger charge is -2.21. The standard InChI is InChI=1S/C64H115O11P/c1-4-7-10-13-16-19-22-25-28-29-30-31-34-37-40-43-46-49-52-55-64(68)75-61(57-71-62(66)53-50-47-44-41-38-35-32-26-23-20-17-14-11-8-5-2)59-73-76(69,70)72-58-60(56-65)74-63(67)54-51-48-45-42-39-36-33-27-24-21-18-15-12-9-6-3/h8,11,17,20,26,32,38,41,47,50,60-61,65H,4-7,9-10,12-16,18-19,21-25,27-31,33-37,39-40,42-46,48-49,51-59H2,1-3H3,(H,69,70)/b11-8-,20-17-,32-26-,41-38-,50-47-. The van der Waals surface area contributed by atoms with E-state index in [-0.39, 0.29) is 25.9 Å². The van der Waals surface area contributed by atoms with Gasteiger partial charge in [-0.15, -0.1) is 0 Å². The molecule has 0 fully saturated rings. The monoisotopic (exact) mass is 1090 g/mol. The van der Waals surface area contributed by atoms with E-state index in [0.717, 1.165) is 64.2 Å². The van der Waals surface area contributed by atoms with Gasteiger partial charge in [-0.1, -0.05) is 287 Å². The number of esters is 3. The Labute approximate surface area is 465 Å². The normalized spacial score (nSPS) is 13.7. The van der Waals surface area contributed by atoms with Crippen molar-refractivity contribution in [1.29, 1.82) is 0 Å². The van der Waals surface area contributed by atoms with Gasteiger partial charge in [0.2, 0.25) is 0 Å². The summed E-state index contributed by atoms with van der Waals surface area (Å²) in [6, 6.07) is 0. The van der Waals surface area contributed by atoms with Gasteiger partial charge in [-0.25, -0.2) is 4.57 Å². The van der Waals surface area contributed by atoms with Crippen LogP contribution in [0.15, 0.2) is 60.8 Å². The van der Waals surface area contributed by atoms with E-state index in [1.165, 1.54) is 167 Å². The van der Waals surface area contributed by atoms with E-state index < -0.39 is 57.8 Å². The van der Waals surface area contributed by atoms with Gasteiger partial charge in [-0.3, -0.25) is 23.4 Å². The average Bonchev–Trinajstić information content (AvgIpc) is 3.41. The summed E-state index contributed by atoms with van der Waals surface area (Å²) in [7, 11) is -4.77. The first-order valence-corrected chi connectivity index (χ1v) is 32.7. The van der Waals surface area contributed by atoms with Crippen molar-refractivity contribution >= 4 is 25.7 Å². The second kappa shape index (κ2) is 58.3. The molecule has 3 unspecified atom stereocenters. The summed E-state index contributed by atoms with van der Waals surface area (Å²) in [5, 5.41) is 9.83. The molecule has 0 saturated carbocycles. The number of hydrogen-bond donors (Lipinski definition) is 2. The minimum absolute atomic E-state index is 0.00326. The Kier molecular flexibility index (Phi) is 56.2. The van der Waals surface area contributed by atoms with Crippen LogP contribution in [0.5, 0.6) is 0 Å². The predicted molar refractivity (Wildman–Crippen MR) is 316 cm³/mol. The number of aliphatic hydroxyl groups is 1. The molecule has 12 heteroatoms. The van der Waals surface area contributed by atoms with Crippen LogP contribution in [0.1, 0.15) is 290 Å². The van der Waals surface area contributed by atoms with E-state index in [4.69, 9.17) is 23.3 Å². The van der Waals surface area contributed by atoms with Gasteiger partial charge in [0.25, 0.3) is 0 Å². The molecule has 0 aromatic heterocycles. The van der Waals surface area contributed by atoms with Crippen molar-refractivity contribution in [2.75, 3.05) is 26.4 Å². The number of allylic oxidation sites excluding steroid dienone is 9. The van der Waals surface area contributed by atoms with Crippen LogP contribution in [0.2, 0.25) is 0 Å². The fourth-order valence-electron chi connectivity index (χ4n) is 8.79. The van der Waals surface area contributed by atoms with Crippen molar-refractivity contribution < 1.29 is 52.2 Å². The molecule has 442 valence electrons. The zero-order chi connectivity index (χ0) is 55.5. The van der Waals surface area contributed by atoms with Crippen molar-refractivity contribution in [3.05, 3.63) is 60.8 Å². The van der Waals surface area contributed by atoms with Crippen molar-refractivity contribution in [1.82, 2.24) is 0 Å². The van der Waals surface area contributed by atoms with Crippen LogP contribution in [0, 0.1) is 0 Å². The highest BCUT2D eigenvalue weighted by Crippen LogP contribution is 2.43. The Hall–Kier alpha value is -2.82. The minimum atomic E-state index is -4.77. The highest BCUT2D eigenvalue weighted by molar-refractivity contribution is 7.47. The SMILES string of the molecule is CC/C=C\C/C=C\C/C=C\C/C=C\C/C=C\CC(=O)OCC(COP(=O)(O)OCC(CO)OC(=O)CCCCCCCCCCCCCCCCC)OC(=O)CCCCCCCCCCCCCCCCCCCCC. The van der Waals surface area contributed by atoms with E-state index in [1.54, 1.807) is 6.08 Å². The maximum Gasteiger partial charge on any atom is 0.472 e. The fourth-order valence-corrected chi connectivity index (χ4v) is 9.57. The second-order valence-electron chi connectivity index (χ2n) is 20.9. The Balaban J connectivity index is 4.74. The maximum absolute atomic E-state index is 12.9. The number of carbonyl (C=O) groups excluding carboxylic acids is 3. The lowest BCUT2D eigenvalue weighted by atomic mass is 10.0. The molecule has 0 aromatic carbocycles. The maximum atomic E-state index is 12.9. The van der Waals surface area contributed by atoms with E-state index in [9.17, 15) is 28.9 Å². The Morgan fingerprint density at radius 3 is 1.00 bits per heavy atom. The lowest BCUT2D eigenvalue weighted by molar-refractivity contribution is -0.161. The van der Waals surface area contributed by atoms with Gasteiger partial charge in [0.1, 0.15) is 12.7 Å². The van der Waals surface area contributed by atoms with Gasteiger partial charge >= 0.3 is 25.7 Å². The number of aliphatic hydroxyl groups excluding tert-OH is 1. The average molecular weight is 1090 g/mol. The van der Waals surface area contributed by atoms with Crippen LogP contribution in [-0.4, -0.2) is 66.5 Å². The van der Waals surface area contributed by atoms with Crippen molar-refractivity contribution in [2.45, 2.75) is 303 Å². The number of unbranched alkanes of at least 4 members (excludes halogenated alkanes) is 32. The summed E-state index contributed by atoms with van der Waals surface area (Å²) >= 11 is 0.